The number of phenolic OH excluding ortho intramolecular Hbond substituents is 1. The van der Waals surface area contributed by atoms with E-state index in [4.69, 9.17) is 4.74 Å². The Hall–Kier alpha value is -3.60. The summed E-state index contributed by atoms with van der Waals surface area (Å²) in [5.41, 5.74) is 5.75. The maximum absolute atomic E-state index is 12.3. The number of carbonyl (C=O) groups excluding carboxylic acids is 1. The van der Waals surface area contributed by atoms with Gasteiger partial charge in [0.1, 0.15) is 18.1 Å². The summed E-state index contributed by atoms with van der Waals surface area (Å²) in [6, 6.07) is 23.6. The van der Waals surface area contributed by atoms with E-state index in [0.29, 0.717) is 24.3 Å². The number of ether oxygens (including phenoxy) is 1. The van der Waals surface area contributed by atoms with E-state index in [1.807, 2.05) is 37.3 Å². The van der Waals surface area contributed by atoms with Gasteiger partial charge in [0.25, 0.3) is 5.91 Å². The molecule has 0 radical (unpaired) electrons. The molecule has 0 saturated heterocycles. The molecule has 0 fully saturated rings. The number of nitrogens with zero attached hydrogens (tertiary/aromatic N) is 1. The topological polar surface area (TPSA) is 70.9 Å². The van der Waals surface area contributed by atoms with Gasteiger partial charge in [-0.25, -0.2) is 5.43 Å². The van der Waals surface area contributed by atoms with Crippen LogP contribution in [0.1, 0.15) is 34.8 Å². The zero-order valence-corrected chi connectivity index (χ0v) is 15.6. The van der Waals surface area contributed by atoms with Crippen molar-refractivity contribution >= 4 is 11.6 Å². The normalized spacial score (nSPS) is 11.1. The van der Waals surface area contributed by atoms with Crippen LogP contribution in [0.5, 0.6) is 11.5 Å². The first-order valence-electron chi connectivity index (χ1n) is 9.09. The lowest BCUT2D eigenvalue weighted by atomic mass is 10.1. The molecule has 3 rings (SSSR count). The lowest BCUT2D eigenvalue weighted by Gasteiger charge is -2.08. The molecular weight excluding hydrogens is 352 g/mol. The molecule has 3 aromatic carbocycles. The fourth-order valence-corrected chi connectivity index (χ4v) is 2.63. The molecule has 28 heavy (non-hydrogen) atoms. The van der Waals surface area contributed by atoms with Gasteiger partial charge in [-0.3, -0.25) is 4.79 Å². The van der Waals surface area contributed by atoms with Crippen molar-refractivity contribution in [2.75, 3.05) is 0 Å². The van der Waals surface area contributed by atoms with Gasteiger partial charge in [0.15, 0.2) is 0 Å². The van der Waals surface area contributed by atoms with Crippen LogP contribution in [0.2, 0.25) is 0 Å². The summed E-state index contributed by atoms with van der Waals surface area (Å²) in [6.07, 6.45) is 0.650. The highest BCUT2D eigenvalue weighted by Gasteiger charge is 2.07. The maximum atomic E-state index is 12.3. The smallest absolute Gasteiger partial charge is 0.271 e. The van der Waals surface area contributed by atoms with Gasteiger partial charge in [0, 0.05) is 5.56 Å². The third kappa shape index (κ3) is 5.20. The molecule has 0 bridgehead atoms. The van der Waals surface area contributed by atoms with Gasteiger partial charge in [0.05, 0.1) is 5.71 Å². The zero-order chi connectivity index (χ0) is 19.8. The second-order valence-electron chi connectivity index (χ2n) is 6.20. The van der Waals surface area contributed by atoms with Crippen LogP contribution in [0.3, 0.4) is 0 Å². The molecule has 5 nitrogen and oxygen atoms in total. The van der Waals surface area contributed by atoms with Gasteiger partial charge < -0.3 is 9.84 Å². The maximum Gasteiger partial charge on any atom is 0.271 e. The first kappa shape index (κ1) is 19.2. The minimum atomic E-state index is -0.292. The summed E-state index contributed by atoms with van der Waals surface area (Å²) in [5.74, 6) is 0.597. The molecule has 0 spiro atoms. The molecular formula is C23H22N2O3. The van der Waals surface area contributed by atoms with Gasteiger partial charge >= 0.3 is 0 Å². The fourth-order valence-electron chi connectivity index (χ4n) is 2.63. The Morgan fingerprint density at radius 3 is 2.21 bits per heavy atom. The number of amides is 1. The molecule has 1 amide bonds. The molecule has 3 aromatic rings. The lowest BCUT2D eigenvalue weighted by Crippen LogP contribution is -2.19. The average molecular weight is 374 g/mol. The molecule has 0 atom stereocenters. The van der Waals surface area contributed by atoms with Crippen molar-refractivity contribution in [2.45, 2.75) is 20.0 Å². The zero-order valence-electron chi connectivity index (χ0n) is 15.6. The van der Waals surface area contributed by atoms with Crippen molar-refractivity contribution in [3.8, 4) is 11.5 Å². The Kier molecular flexibility index (Phi) is 6.41. The van der Waals surface area contributed by atoms with E-state index in [1.165, 1.54) is 0 Å². The van der Waals surface area contributed by atoms with E-state index in [1.54, 1.807) is 48.5 Å². The summed E-state index contributed by atoms with van der Waals surface area (Å²) in [5, 5.41) is 13.6. The van der Waals surface area contributed by atoms with Crippen LogP contribution in [-0.2, 0) is 6.61 Å². The lowest BCUT2D eigenvalue weighted by molar-refractivity contribution is 0.0954. The molecule has 5 heteroatoms. The highest BCUT2D eigenvalue weighted by molar-refractivity contribution is 6.02. The number of carbonyl (C=O) groups is 1. The third-order valence-electron chi connectivity index (χ3n) is 4.19. The van der Waals surface area contributed by atoms with Crippen molar-refractivity contribution < 1.29 is 14.6 Å². The first-order chi connectivity index (χ1) is 13.7. The van der Waals surface area contributed by atoms with E-state index in [0.717, 1.165) is 16.8 Å². The van der Waals surface area contributed by atoms with Crippen molar-refractivity contribution in [2.24, 2.45) is 5.10 Å². The third-order valence-corrected chi connectivity index (χ3v) is 4.19. The van der Waals surface area contributed by atoms with Gasteiger partial charge in [-0.15, -0.1) is 0 Å². The molecule has 0 aliphatic heterocycles. The highest BCUT2D eigenvalue weighted by Crippen LogP contribution is 2.15. The SMILES string of the molecule is CC/C(=N\NC(=O)c1ccc(OCc2ccccc2)cc1)c1ccc(O)cc1. The Morgan fingerprint density at radius 2 is 1.57 bits per heavy atom. The van der Waals surface area contributed by atoms with E-state index in [2.05, 4.69) is 10.5 Å². The molecule has 0 aliphatic carbocycles. The second kappa shape index (κ2) is 9.37. The number of aromatic hydroxyl groups is 1. The number of rotatable bonds is 7. The standard InChI is InChI=1S/C23H22N2O3/c1-2-22(18-8-12-20(26)13-9-18)24-25-23(27)19-10-14-21(15-11-19)28-16-17-6-4-3-5-7-17/h3-15,26H,2,16H2,1H3,(H,25,27)/b24-22+. The van der Waals surface area contributed by atoms with Crippen LogP contribution in [0, 0.1) is 0 Å². The van der Waals surface area contributed by atoms with Gasteiger partial charge in [-0.2, -0.15) is 5.10 Å². The van der Waals surface area contributed by atoms with Gasteiger partial charge in [0.2, 0.25) is 0 Å². The van der Waals surface area contributed by atoms with Crippen LogP contribution in [0.4, 0.5) is 0 Å². The van der Waals surface area contributed by atoms with Crippen LogP contribution in [-0.4, -0.2) is 16.7 Å². The van der Waals surface area contributed by atoms with E-state index >= 15 is 0 Å². The molecule has 0 aliphatic rings. The summed E-state index contributed by atoms with van der Waals surface area (Å²) < 4.78 is 5.73. The van der Waals surface area contributed by atoms with Gasteiger partial charge in [-0.1, -0.05) is 37.3 Å². The Labute approximate surface area is 164 Å². The summed E-state index contributed by atoms with van der Waals surface area (Å²) in [4.78, 5) is 12.3. The molecule has 2 N–H and O–H groups in total. The summed E-state index contributed by atoms with van der Waals surface area (Å²) in [7, 11) is 0. The largest absolute Gasteiger partial charge is 0.508 e. The Morgan fingerprint density at radius 1 is 0.929 bits per heavy atom. The Bertz CT molecular complexity index is 934. The fraction of sp³-hybridized carbons (Fsp3) is 0.130. The monoisotopic (exact) mass is 374 g/mol. The highest BCUT2D eigenvalue weighted by atomic mass is 16.5. The van der Waals surface area contributed by atoms with Crippen molar-refractivity contribution in [3.05, 3.63) is 95.6 Å². The first-order valence-corrected chi connectivity index (χ1v) is 9.09. The molecule has 142 valence electrons. The molecule has 0 unspecified atom stereocenters. The van der Waals surface area contributed by atoms with Crippen LogP contribution >= 0.6 is 0 Å². The second-order valence-corrected chi connectivity index (χ2v) is 6.20. The number of benzene rings is 3. The minimum absolute atomic E-state index is 0.192. The quantitative estimate of drug-likeness (QED) is 0.472. The number of hydrazone groups is 1. The van der Waals surface area contributed by atoms with Gasteiger partial charge in [-0.05, 0) is 66.1 Å². The van der Waals surface area contributed by atoms with Crippen molar-refractivity contribution in [1.82, 2.24) is 5.43 Å². The van der Waals surface area contributed by atoms with Crippen LogP contribution in [0.25, 0.3) is 0 Å². The van der Waals surface area contributed by atoms with Crippen molar-refractivity contribution in [1.29, 1.82) is 0 Å². The summed E-state index contributed by atoms with van der Waals surface area (Å²) >= 11 is 0. The predicted octanol–water partition coefficient (Wildman–Crippen LogP) is 4.52. The van der Waals surface area contributed by atoms with E-state index in [9.17, 15) is 9.90 Å². The number of hydrogen-bond donors (Lipinski definition) is 2. The molecule has 0 saturated carbocycles. The number of hydrogen-bond acceptors (Lipinski definition) is 4. The minimum Gasteiger partial charge on any atom is -0.508 e. The Balaban J connectivity index is 1.60. The van der Waals surface area contributed by atoms with Crippen LogP contribution in [0.15, 0.2) is 84.0 Å². The molecule has 0 aromatic heterocycles. The summed E-state index contributed by atoms with van der Waals surface area (Å²) in [6.45, 7) is 2.43. The predicted molar refractivity (Wildman–Crippen MR) is 110 cm³/mol. The number of phenols is 1. The van der Waals surface area contributed by atoms with E-state index < -0.39 is 0 Å². The van der Waals surface area contributed by atoms with Crippen LogP contribution < -0.4 is 10.2 Å². The van der Waals surface area contributed by atoms with E-state index in [-0.39, 0.29) is 11.7 Å². The molecule has 0 heterocycles. The number of nitrogens with one attached hydrogen (secondary N) is 1. The average Bonchev–Trinajstić information content (AvgIpc) is 2.75. The van der Waals surface area contributed by atoms with Crippen molar-refractivity contribution in [3.63, 3.8) is 0 Å².